The molecule has 12 heteroatoms. The summed E-state index contributed by atoms with van der Waals surface area (Å²) in [6, 6.07) is 10.9. The summed E-state index contributed by atoms with van der Waals surface area (Å²) < 4.78 is 0. The average molecular weight is 585 g/mol. The number of nitrogens with one attached hydrogen (secondary N) is 3. The molecule has 0 unspecified atom stereocenters. The fourth-order valence-corrected chi connectivity index (χ4v) is 5.92. The van der Waals surface area contributed by atoms with E-state index in [2.05, 4.69) is 15.6 Å². The normalized spacial score (nSPS) is 13.5. The summed E-state index contributed by atoms with van der Waals surface area (Å²) in [4.78, 5) is 55.4. The van der Waals surface area contributed by atoms with Gasteiger partial charge in [0.05, 0.1) is 20.5 Å². The molecule has 1 aliphatic rings. The maximum atomic E-state index is 13.2. The number of hydrogen-bond acceptors (Lipinski definition) is 5. The van der Waals surface area contributed by atoms with E-state index in [9.17, 15) is 24.3 Å². The average Bonchev–Trinajstić information content (AvgIpc) is 3.62. The summed E-state index contributed by atoms with van der Waals surface area (Å²) in [5, 5.41) is 17.4. The van der Waals surface area contributed by atoms with Gasteiger partial charge in [-0.3, -0.25) is 14.4 Å². The van der Waals surface area contributed by atoms with E-state index in [1.807, 2.05) is 24.4 Å². The van der Waals surface area contributed by atoms with Crippen molar-refractivity contribution in [1.29, 1.82) is 0 Å². The molecule has 0 aliphatic carbocycles. The van der Waals surface area contributed by atoms with Crippen molar-refractivity contribution in [1.82, 2.24) is 20.5 Å². The van der Waals surface area contributed by atoms with E-state index in [0.29, 0.717) is 34.5 Å². The predicted molar refractivity (Wildman–Crippen MR) is 149 cm³/mol. The molecule has 0 fully saturated rings. The maximum absolute atomic E-state index is 13.2. The Morgan fingerprint density at radius 3 is 2.67 bits per heavy atom. The SMILES string of the molecule is O=C(NC[C@H](NC(=O)c1c(Cl)cc2c(c1Cl)CCN(C(=O)c1ccc3cc[nH]c3c1)C2)C(=O)O)c1cccs1. The van der Waals surface area contributed by atoms with Gasteiger partial charge >= 0.3 is 5.97 Å². The second-order valence-electron chi connectivity index (χ2n) is 8.99. The van der Waals surface area contributed by atoms with E-state index in [1.165, 1.54) is 11.3 Å². The number of carbonyl (C=O) groups excluding carboxylic acids is 3. The smallest absolute Gasteiger partial charge is 0.328 e. The number of nitrogens with zero attached hydrogens (tertiary/aromatic N) is 1. The van der Waals surface area contributed by atoms with E-state index in [1.54, 1.807) is 34.5 Å². The summed E-state index contributed by atoms with van der Waals surface area (Å²) >= 11 is 14.3. The number of H-pyrrole nitrogens is 1. The van der Waals surface area contributed by atoms with Crippen molar-refractivity contribution in [3.63, 3.8) is 0 Å². The van der Waals surface area contributed by atoms with Crippen LogP contribution in [0.1, 0.15) is 41.5 Å². The van der Waals surface area contributed by atoms with Crippen LogP contribution in [0.25, 0.3) is 10.9 Å². The molecular formula is C27H22Cl2N4O5S. The van der Waals surface area contributed by atoms with Crippen LogP contribution >= 0.6 is 34.5 Å². The topological polar surface area (TPSA) is 132 Å². The van der Waals surface area contributed by atoms with Gasteiger partial charge in [0.15, 0.2) is 0 Å². The first-order valence-electron chi connectivity index (χ1n) is 11.9. The number of benzene rings is 2. The highest BCUT2D eigenvalue weighted by molar-refractivity contribution is 7.12. The Morgan fingerprint density at radius 2 is 1.92 bits per heavy atom. The van der Waals surface area contributed by atoms with Crippen LogP contribution in [0.2, 0.25) is 10.0 Å². The highest BCUT2D eigenvalue weighted by atomic mass is 35.5. The van der Waals surface area contributed by atoms with Crippen LogP contribution in [-0.2, 0) is 17.8 Å². The lowest BCUT2D eigenvalue weighted by molar-refractivity contribution is -0.139. The van der Waals surface area contributed by atoms with E-state index < -0.39 is 23.8 Å². The van der Waals surface area contributed by atoms with Crippen molar-refractivity contribution in [2.24, 2.45) is 0 Å². The number of thiophene rings is 1. The van der Waals surface area contributed by atoms with Gasteiger partial charge in [-0.1, -0.05) is 35.3 Å². The number of hydrogen-bond donors (Lipinski definition) is 4. The molecule has 3 amide bonds. The molecule has 4 aromatic rings. The summed E-state index contributed by atoms with van der Waals surface area (Å²) in [5.41, 5.74) is 2.75. The standard InChI is InChI=1S/C27H22Cl2N4O5S/c28-18-10-16-13-33(26(36)15-4-3-14-5-7-30-19(14)11-15)8-6-17(16)23(29)22(18)25(35)32-20(27(37)38)12-31-24(34)21-2-1-9-39-21/h1-5,7,9-11,20,30H,6,8,12-13H2,(H,31,34)(H,32,35)(H,37,38)/t20-/m0/s1. The molecule has 0 spiro atoms. The minimum Gasteiger partial charge on any atom is -0.480 e. The second-order valence-corrected chi connectivity index (χ2v) is 10.7. The van der Waals surface area contributed by atoms with Crippen molar-refractivity contribution in [3.8, 4) is 0 Å². The van der Waals surface area contributed by atoms with E-state index in [4.69, 9.17) is 23.2 Å². The summed E-state index contributed by atoms with van der Waals surface area (Å²) in [5.74, 6) is -2.68. The van der Waals surface area contributed by atoms with Crippen molar-refractivity contribution >= 4 is 69.1 Å². The zero-order valence-corrected chi connectivity index (χ0v) is 22.6. The zero-order chi connectivity index (χ0) is 27.7. The van der Waals surface area contributed by atoms with Gasteiger partial charge in [-0.25, -0.2) is 4.79 Å². The molecule has 0 saturated heterocycles. The van der Waals surface area contributed by atoms with Crippen molar-refractivity contribution in [2.75, 3.05) is 13.1 Å². The number of aliphatic carboxylic acids is 1. The number of halogens is 2. The van der Waals surface area contributed by atoms with Gasteiger partial charge in [-0.2, -0.15) is 0 Å². The molecule has 9 nitrogen and oxygen atoms in total. The number of carbonyl (C=O) groups is 4. The van der Waals surface area contributed by atoms with Crippen LogP contribution in [0.3, 0.4) is 0 Å². The molecule has 0 radical (unpaired) electrons. The van der Waals surface area contributed by atoms with Crippen LogP contribution < -0.4 is 10.6 Å². The molecule has 0 bridgehead atoms. The molecule has 2 aromatic carbocycles. The van der Waals surface area contributed by atoms with E-state index >= 15 is 0 Å². The number of carboxylic acid groups (broad SMARTS) is 1. The van der Waals surface area contributed by atoms with Crippen molar-refractivity contribution in [3.05, 3.63) is 91.2 Å². The van der Waals surface area contributed by atoms with Gasteiger partial charge in [-0.05, 0) is 58.6 Å². The van der Waals surface area contributed by atoms with Crippen LogP contribution in [0.4, 0.5) is 0 Å². The number of fused-ring (bicyclic) bond motifs is 2. The molecule has 39 heavy (non-hydrogen) atoms. The number of aromatic amines is 1. The molecule has 200 valence electrons. The minimum absolute atomic E-state index is 0.0325. The Morgan fingerprint density at radius 1 is 1.10 bits per heavy atom. The van der Waals surface area contributed by atoms with Gasteiger partial charge in [0, 0.05) is 36.9 Å². The fourth-order valence-electron chi connectivity index (χ4n) is 4.52. The molecule has 0 saturated carbocycles. The molecular weight excluding hydrogens is 563 g/mol. The number of amides is 3. The van der Waals surface area contributed by atoms with Crippen LogP contribution in [0, 0.1) is 0 Å². The van der Waals surface area contributed by atoms with Gasteiger partial charge in [0.2, 0.25) is 0 Å². The maximum Gasteiger partial charge on any atom is 0.328 e. The third kappa shape index (κ3) is 5.49. The van der Waals surface area contributed by atoms with Crippen LogP contribution in [0.15, 0.2) is 54.0 Å². The largest absolute Gasteiger partial charge is 0.480 e. The zero-order valence-electron chi connectivity index (χ0n) is 20.3. The molecule has 3 heterocycles. The Labute approximate surface area is 236 Å². The third-order valence-electron chi connectivity index (χ3n) is 6.54. The fraction of sp³-hybridized carbons (Fsp3) is 0.185. The monoisotopic (exact) mass is 584 g/mol. The predicted octanol–water partition coefficient (Wildman–Crippen LogP) is 4.35. The Balaban J connectivity index is 1.30. The first-order valence-corrected chi connectivity index (χ1v) is 13.6. The minimum atomic E-state index is -1.41. The van der Waals surface area contributed by atoms with Crippen molar-refractivity contribution in [2.45, 2.75) is 19.0 Å². The van der Waals surface area contributed by atoms with E-state index in [-0.39, 0.29) is 34.6 Å². The quantitative estimate of drug-likeness (QED) is 0.256. The molecule has 2 aromatic heterocycles. The van der Waals surface area contributed by atoms with Crippen LogP contribution in [0.5, 0.6) is 0 Å². The highest BCUT2D eigenvalue weighted by Gasteiger charge is 2.30. The molecule has 1 aliphatic heterocycles. The van der Waals surface area contributed by atoms with Gasteiger partial charge in [0.1, 0.15) is 6.04 Å². The Bertz CT molecular complexity index is 1600. The Hall–Kier alpha value is -3.86. The molecule has 1 atom stereocenters. The van der Waals surface area contributed by atoms with Gasteiger partial charge < -0.3 is 25.6 Å². The third-order valence-corrected chi connectivity index (χ3v) is 8.12. The number of rotatable bonds is 7. The summed E-state index contributed by atoms with van der Waals surface area (Å²) in [6.07, 6.45) is 2.20. The highest BCUT2D eigenvalue weighted by Crippen LogP contribution is 2.35. The van der Waals surface area contributed by atoms with E-state index in [0.717, 1.165) is 10.9 Å². The van der Waals surface area contributed by atoms with Gasteiger partial charge in [0.25, 0.3) is 17.7 Å². The summed E-state index contributed by atoms with van der Waals surface area (Å²) in [7, 11) is 0. The molecule has 4 N–H and O–H groups in total. The second kappa shape index (κ2) is 11.1. The van der Waals surface area contributed by atoms with Gasteiger partial charge in [-0.15, -0.1) is 11.3 Å². The number of aromatic nitrogens is 1. The Kier molecular flexibility index (Phi) is 7.60. The van der Waals surface area contributed by atoms with Crippen LogP contribution in [-0.4, -0.2) is 57.8 Å². The lowest BCUT2D eigenvalue weighted by Gasteiger charge is -2.30. The first kappa shape index (κ1) is 26.7. The lowest BCUT2D eigenvalue weighted by atomic mass is 9.95. The first-order chi connectivity index (χ1) is 18.7. The summed E-state index contributed by atoms with van der Waals surface area (Å²) in [6.45, 7) is 0.303. The molecule has 5 rings (SSSR count). The lowest BCUT2D eigenvalue weighted by Crippen LogP contribution is -2.48. The number of carboxylic acids is 1. The van der Waals surface area contributed by atoms with Crippen molar-refractivity contribution < 1.29 is 24.3 Å².